The average molecular weight is 367 g/mol. The second kappa shape index (κ2) is 7.46. The van der Waals surface area contributed by atoms with Crippen LogP contribution in [0.25, 0.3) is 22.2 Å². The molecule has 0 saturated heterocycles. The number of rotatable bonds is 4. The Morgan fingerprint density at radius 2 is 1.81 bits per heavy atom. The van der Waals surface area contributed by atoms with E-state index in [4.69, 9.17) is 16.6 Å². The SMILES string of the molecule is Cc1ccc2nc(-c3ccccc3Cl)cc(C(=O)N[C@H](C)C(C)C)c2c1. The second-order valence-corrected chi connectivity index (χ2v) is 7.47. The monoisotopic (exact) mass is 366 g/mol. The lowest BCUT2D eigenvalue weighted by molar-refractivity contribution is 0.0932. The average Bonchev–Trinajstić information content (AvgIpc) is 2.61. The number of halogens is 1. The summed E-state index contributed by atoms with van der Waals surface area (Å²) < 4.78 is 0. The number of aromatic nitrogens is 1. The highest BCUT2D eigenvalue weighted by molar-refractivity contribution is 6.33. The molecule has 0 aliphatic heterocycles. The summed E-state index contributed by atoms with van der Waals surface area (Å²) in [6.45, 7) is 8.22. The second-order valence-electron chi connectivity index (χ2n) is 7.06. The third kappa shape index (κ3) is 3.73. The Morgan fingerprint density at radius 1 is 1.08 bits per heavy atom. The zero-order valence-corrected chi connectivity index (χ0v) is 16.3. The van der Waals surface area contributed by atoms with Gasteiger partial charge in [0.15, 0.2) is 0 Å². The van der Waals surface area contributed by atoms with Gasteiger partial charge in [-0.15, -0.1) is 0 Å². The van der Waals surface area contributed by atoms with E-state index in [0.717, 1.165) is 22.0 Å². The molecule has 1 N–H and O–H groups in total. The summed E-state index contributed by atoms with van der Waals surface area (Å²) in [7, 11) is 0. The van der Waals surface area contributed by atoms with E-state index >= 15 is 0 Å². The van der Waals surface area contributed by atoms with Gasteiger partial charge in [-0.25, -0.2) is 4.98 Å². The molecular weight excluding hydrogens is 344 g/mol. The van der Waals surface area contributed by atoms with E-state index in [1.165, 1.54) is 0 Å². The van der Waals surface area contributed by atoms with Gasteiger partial charge in [0.25, 0.3) is 5.91 Å². The van der Waals surface area contributed by atoms with E-state index in [2.05, 4.69) is 19.2 Å². The zero-order valence-electron chi connectivity index (χ0n) is 15.5. The lowest BCUT2D eigenvalue weighted by Crippen LogP contribution is -2.36. The van der Waals surface area contributed by atoms with Gasteiger partial charge in [0.1, 0.15) is 0 Å². The molecule has 0 aliphatic rings. The van der Waals surface area contributed by atoms with E-state index < -0.39 is 0 Å². The first-order valence-corrected chi connectivity index (χ1v) is 9.22. The van der Waals surface area contributed by atoms with Crippen molar-refractivity contribution < 1.29 is 4.79 Å². The van der Waals surface area contributed by atoms with Gasteiger partial charge in [0, 0.05) is 22.0 Å². The van der Waals surface area contributed by atoms with Crippen molar-refractivity contribution in [3.8, 4) is 11.3 Å². The van der Waals surface area contributed by atoms with Crippen molar-refractivity contribution in [2.75, 3.05) is 0 Å². The van der Waals surface area contributed by atoms with E-state index in [9.17, 15) is 4.79 Å². The quantitative estimate of drug-likeness (QED) is 0.649. The molecule has 0 fully saturated rings. The molecule has 2 aromatic carbocycles. The van der Waals surface area contributed by atoms with Crippen LogP contribution in [0.2, 0.25) is 5.02 Å². The number of fused-ring (bicyclic) bond motifs is 1. The maximum Gasteiger partial charge on any atom is 0.252 e. The number of nitrogens with one attached hydrogen (secondary N) is 1. The zero-order chi connectivity index (χ0) is 18.8. The molecule has 1 aromatic heterocycles. The first kappa shape index (κ1) is 18.4. The number of carbonyl (C=O) groups is 1. The van der Waals surface area contributed by atoms with Crippen LogP contribution >= 0.6 is 11.6 Å². The number of carbonyl (C=O) groups excluding carboxylic acids is 1. The molecule has 4 heteroatoms. The van der Waals surface area contributed by atoms with Crippen molar-refractivity contribution in [3.63, 3.8) is 0 Å². The number of hydrogen-bond acceptors (Lipinski definition) is 2. The smallest absolute Gasteiger partial charge is 0.252 e. The van der Waals surface area contributed by atoms with Gasteiger partial charge in [-0.1, -0.05) is 55.3 Å². The Balaban J connectivity index is 2.17. The van der Waals surface area contributed by atoms with E-state index in [1.807, 2.05) is 62.4 Å². The summed E-state index contributed by atoms with van der Waals surface area (Å²) in [5, 5.41) is 4.58. The lowest BCUT2D eigenvalue weighted by Gasteiger charge is -2.18. The van der Waals surface area contributed by atoms with Crippen molar-refractivity contribution in [2.24, 2.45) is 5.92 Å². The Kier molecular flexibility index (Phi) is 5.28. The summed E-state index contributed by atoms with van der Waals surface area (Å²) in [5.74, 6) is 0.273. The Bertz CT molecular complexity index is 966. The van der Waals surface area contributed by atoms with Gasteiger partial charge >= 0.3 is 0 Å². The van der Waals surface area contributed by atoms with Crippen LogP contribution in [0.1, 0.15) is 36.7 Å². The van der Waals surface area contributed by atoms with Crippen LogP contribution in [0.3, 0.4) is 0 Å². The number of pyridine rings is 1. The summed E-state index contributed by atoms with van der Waals surface area (Å²) in [4.78, 5) is 17.7. The number of amides is 1. The number of hydrogen-bond donors (Lipinski definition) is 1. The minimum Gasteiger partial charge on any atom is -0.349 e. The summed E-state index contributed by atoms with van der Waals surface area (Å²) >= 11 is 6.35. The van der Waals surface area contributed by atoms with Gasteiger partial charge in [0.05, 0.1) is 16.8 Å². The Hall–Kier alpha value is -2.39. The minimum atomic E-state index is -0.0856. The molecule has 1 amide bonds. The Morgan fingerprint density at radius 3 is 2.50 bits per heavy atom. The molecule has 0 unspecified atom stereocenters. The van der Waals surface area contributed by atoms with Crippen LogP contribution in [0, 0.1) is 12.8 Å². The highest BCUT2D eigenvalue weighted by Crippen LogP contribution is 2.30. The Labute approximate surface area is 159 Å². The van der Waals surface area contributed by atoms with Crippen molar-refractivity contribution in [1.82, 2.24) is 10.3 Å². The van der Waals surface area contributed by atoms with E-state index in [0.29, 0.717) is 22.2 Å². The summed E-state index contributed by atoms with van der Waals surface area (Å²) in [6, 6.07) is 15.4. The van der Waals surface area contributed by atoms with Gasteiger partial charge in [-0.05, 0) is 44.0 Å². The molecule has 26 heavy (non-hydrogen) atoms. The normalized spacial score (nSPS) is 12.4. The third-order valence-electron chi connectivity index (χ3n) is 4.72. The van der Waals surface area contributed by atoms with Crippen LogP contribution in [0.5, 0.6) is 0 Å². The van der Waals surface area contributed by atoms with Gasteiger partial charge in [-0.3, -0.25) is 4.79 Å². The molecule has 134 valence electrons. The van der Waals surface area contributed by atoms with Gasteiger partial charge in [-0.2, -0.15) is 0 Å². The standard InChI is InChI=1S/C22H23ClN2O/c1-13(2)15(4)24-22(26)18-12-21(16-7-5-6-8-19(16)23)25-20-10-9-14(3)11-17(18)20/h5-13,15H,1-4H3,(H,24,26)/t15-/m1/s1. The molecule has 1 heterocycles. The van der Waals surface area contributed by atoms with Crippen LogP contribution in [-0.2, 0) is 0 Å². The number of nitrogens with zero attached hydrogens (tertiary/aromatic N) is 1. The molecule has 0 bridgehead atoms. The first-order valence-electron chi connectivity index (χ1n) is 8.84. The van der Waals surface area contributed by atoms with Crippen molar-refractivity contribution in [3.05, 3.63) is 64.7 Å². The van der Waals surface area contributed by atoms with Crippen molar-refractivity contribution in [2.45, 2.75) is 33.7 Å². The molecular formula is C22H23ClN2O. The largest absolute Gasteiger partial charge is 0.349 e. The fourth-order valence-electron chi connectivity index (χ4n) is 2.79. The van der Waals surface area contributed by atoms with Crippen LogP contribution < -0.4 is 5.32 Å². The molecule has 1 atom stereocenters. The van der Waals surface area contributed by atoms with E-state index in [1.54, 1.807) is 0 Å². The maximum absolute atomic E-state index is 13.0. The fraction of sp³-hybridized carbons (Fsp3) is 0.273. The predicted octanol–water partition coefficient (Wildman–Crippen LogP) is 5.64. The van der Waals surface area contributed by atoms with Crippen LogP contribution in [0.4, 0.5) is 0 Å². The van der Waals surface area contributed by atoms with Gasteiger partial charge in [0.2, 0.25) is 0 Å². The molecule has 0 spiro atoms. The third-order valence-corrected chi connectivity index (χ3v) is 5.05. The lowest BCUT2D eigenvalue weighted by atomic mass is 10.0. The maximum atomic E-state index is 13.0. The molecule has 3 rings (SSSR count). The summed E-state index contributed by atoms with van der Waals surface area (Å²) in [5.41, 5.74) is 4.03. The molecule has 0 saturated carbocycles. The van der Waals surface area contributed by atoms with Crippen LogP contribution in [0.15, 0.2) is 48.5 Å². The van der Waals surface area contributed by atoms with Crippen molar-refractivity contribution in [1.29, 1.82) is 0 Å². The molecule has 0 radical (unpaired) electrons. The molecule has 3 nitrogen and oxygen atoms in total. The van der Waals surface area contributed by atoms with Gasteiger partial charge < -0.3 is 5.32 Å². The first-order chi connectivity index (χ1) is 12.4. The number of benzene rings is 2. The van der Waals surface area contributed by atoms with Crippen LogP contribution in [-0.4, -0.2) is 16.9 Å². The highest BCUT2D eigenvalue weighted by Gasteiger charge is 2.18. The number of aryl methyl sites for hydroxylation is 1. The van der Waals surface area contributed by atoms with E-state index in [-0.39, 0.29) is 11.9 Å². The minimum absolute atomic E-state index is 0.0827. The topological polar surface area (TPSA) is 42.0 Å². The summed E-state index contributed by atoms with van der Waals surface area (Å²) in [6.07, 6.45) is 0. The van der Waals surface area contributed by atoms with Crippen molar-refractivity contribution >= 4 is 28.4 Å². The highest BCUT2D eigenvalue weighted by atomic mass is 35.5. The molecule has 3 aromatic rings. The fourth-order valence-corrected chi connectivity index (χ4v) is 3.02. The predicted molar refractivity (Wildman–Crippen MR) is 109 cm³/mol. The molecule has 0 aliphatic carbocycles.